The highest BCUT2D eigenvalue weighted by atomic mass is 16.5. The number of carbonyl (C=O) groups excluding carboxylic acids is 2. The third-order valence-corrected chi connectivity index (χ3v) is 6.01. The van der Waals surface area contributed by atoms with Gasteiger partial charge in [0.2, 0.25) is 0 Å². The van der Waals surface area contributed by atoms with Gasteiger partial charge in [0.25, 0.3) is 0 Å². The van der Waals surface area contributed by atoms with Crippen molar-refractivity contribution in [1.29, 1.82) is 0 Å². The van der Waals surface area contributed by atoms with Gasteiger partial charge in [0, 0.05) is 42.0 Å². The third-order valence-electron chi connectivity index (χ3n) is 6.01. The normalized spacial score (nSPS) is 15.6. The van der Waals surface area contributed by atoms with Crippen molar-refractivity contribution in [2.24, 2.45) is 5.92 Å². The maximum atomic E-state index is 13.3. The molecule has 0 fully saturated rings. The van der Waals surface area contributed by atoms with Gasteiger partial charge in [-0.25, -0.2) is 9.59 Å². The molecule has 0 radical (unpaired) electrons. The number of allylic oxidation sites excluding steroid dienone is 1. The van der Waals surface area contributed by atoms with Gasteiger partial charge in [0.1, 0.15) is 0 Å². The van der Waals surface area contributed by atoms with E-state index in [1.165, 1.54) is 0 Å². The monoisotopic (exact) mass is 477 g/mol. The summed E-state index contributed by atoms with van der Waals surface area (Å²) in [5, 5.41) is 3.30. The molecule has 1 unspecified atom stereocenters. The molecule has 0 aromatic carbocycles. The number of nitrogens with zero attached hydrogens (tertiary/aromatic N) is 2. The zero-order valence-electron chi connectivity index (χ0n) is 20.9. The van der Waals surface area contributed by atoms with Gasteiger partial charge in [-0.3, -0.25) is 9.97 Å². The molecule has 0 bridgehead atoms. The van der Waals surface area contributed by atoms with Gasteiger partial charge in [-0.05, 0) is 56.9 Å². The number of esters is 2. The van der Waals surface area contributed by atoms with Crippen molar-refractivity contribution in [1.82, 2.24) is 15.3 Å². The second kappa shape index (κ2) is 13.4. The van der Waals surface area contributed by atoms with Crippen molar-refractivity contribution in [3.63, 3.8) is 0 Å². The molecular weight excluding hydrogens is 442 g/mol. The SMILES string of the molecule is CCCCCC1C(C(=O)OCCCc2cccnc2)=C(C)NC(c2cccnc2)=C1C(=O)OCC. The lowest BCUT2D eigenvalue weighted by Crippen LogP contribution is -2.34. The van der Waals surface area contributed by atoms with E-state index >= 15 is 0 Å². The Morgan fingerprint density at radius 1 is 0.943 bits per heavy atom. The van der Waals surface area contributed by atoms with Crippen LogP contribution >= 0.6 is 0 Å². The molecule has 0 saturated heterocycles. The summed E-state index contributed by atoms with van der Waals surface area (Å²) in [5.41, 5.74) is 4.17. The minimum Gasteiger partial charge on any atom is -0.463 e. The molecule has 3 heterocycles. The Morgan fingerprint density at radius 3 is 2.34 bits per heavy atom. The highest BCUT2D eigenvalue weighted by Crippen LogP contribution is 2.38. The minimum absolute atomic E-state index is 0.251. The summed E-state index contributed by atoms with van der Waals surface area (Å²) in [7, 11) is 0. The van der Waals surface area contributed by atoms with E-state index in [4.69, 9.17) is 9.47 Å². The minimum atomic E-state index is -0.422. The van der Waals surface area contributed by atoms with E-state index in [0.717, 1.165) is 36.8 Å². The molecule has 7 heteroatoms. The van der Waals surface area contributed by atoms with E-state index < -0.39 is 17.9 Å². The number of pyridine rings is 2. The van der Waals surface area contributed by atoms with Gasteiger partial charge >= 0.3 is 11.9 Å². The van der Waals surface area contributed by atoms with Crippen molar-refractivity contribution in [2.45, 2.75) is 59.3 Å². The number of hydrogen-bond donors (Lipinski definition) is 1. The average molecular weight is 478 g/mol. The molecule has 186 valence electrons. The molecule has 1 atom stereocenters. The average Bonchev–Trinajstić information content (AvgIpc) is 2.87. The Bertz CT molecular complexity index is 1050. The topological polar surface area (TPSA) is 90.4 Å². The highest BCUT2D eigenvalue weighted by Gasteiger charge is 2.38. The van der Waals surface area contributed by atoms with Crippen LogP contribution in [0.4, 0.5) is 0 Å². The smallest absolute Gasteiger partial charge is 0.336 e. The van der Waals surface area contributed by atoms with Crippen LogP contribution in [-0.4, -0.2) is 35.1 Å². The molecule has 0 amide bonds. The summed E-state index contributed by atoms with van der Waals surface area (Å²) < 4.78 is 11.1. The molecule has 2 aromatic heterocycles. The molecule has 7 nitrogen and oxygen atoms in total. The molecule has 2 aromatic rings. The summed E-state index contributed by atoms with van der Waals surface area (Å²) in [4.78, 5) is 34.8. The number of unbranched alkanes of at least 4 members (excludes halogenated alkanes) is 2. The maximum absolute atomic E-state index is 13.3. The molecule has 1 aliphatic heterocycles. The fraction of sp³-hybridized carbons (Fsp3) is 0.429. The Morgan fingerprint density at radius 2 is 1.69 bits per heavy atom. The number of hydrogen-bond acceptors (Lipinski definition) is 7. The fourth-order valence-corrected chi connectivity index (χ4v) is 4.34. The lowest BCUT2D eigenvalue weighted by atomic mass is 9.80. The summed E-state index contributed by atoms with van der Waals surface area (Å²) in [6.45, 7) is 6.31. The molecule has 0 spiro atoms. The predicted molar refractivity (Wildman–Crippen MR) is 135 cm³/mol. The number of carbonyl (C=O) groups is 2. The Hall–Kier alpha value is -3.48. The summed E-state index contributed by atoms with van der Waals surface area (Å²) in [5.74, 6) is -1.23. The first-order valence-electron chi connectivity index (χ1n) is 12.4. The van der Waals surface area contributed by atoms with Crippen LogP contribution in [0.2, 0.25) is 0 Å². The van der Waals surface area contributed by atoms with Gasteiger partial charge in [0.05, 0.1) is 30.1 Å². The van der Waals surface area contributed by atoms with Crippen LogP contribution in [0.3, 0.4) is 0 Å². The molecule has 3 rings (SSSR count). The van der Waals surface area contributed by atoms with Gasteiger partial charge < -0.3 is 14.8 Å². The number of aryl methyl sites for hydroxylation is 1. The van der Waals surface area contributed by atoms with Crippen LogP contribution in [0.15, 0.2) is 65.9 Å². The van der Waals surface area contributed by atoms with Crippen LogP contribution in [0, 0.1) is 5.92 Å². The lowest BCUT2D eigenvalue weighted by molar-refractivity contribution is -0.140. The molecule has 0 saturated carbocycles. The Balaban J connectivity index is 1.86. The first-order valence-corrected chi connectivity index (χ1v) is 12.4. The first-order chi connectivity index (χ1) is 17.1. The van der Waals surface area contributed by atoms with E-state index in [-0.39, 0.29) is 6.61 Å². The van der Waals surface area contributed by atoms with Gasteiger partial charge in [-0.2, -0.15) is 0 Å². The van der Waals surface area contributed by atoms with Crippen LogP contribution < -0.4 is 5.32 Å². The number of nitrogens with one attached hydrogen (secondary N) is 1. The molecule has 1 N–H and O–H groups in total. The van der Waals surface area contributed by atoms with Crippen LogP contribution in [0.25, 0.3) is 5.70 Å². The number of rotatable bonds is 12. The largest absolute Gasteiger partial charge is 0.463 e. The van der Waals surface area contributed by atoms with Crippen molar-refractivity contribution >= 4 is 17.6 Å². The van der Waals surface area contributed by atoms with E-state index in [1.807, 2.05) is 37.4 Å². The van der Waals surface area contributed by atoms with E-state index in [0.29, 0.717) is 42.0 Å². The number of ether oxygens (including phenoxy) is 2. The van der Waals surface area contributed by atoms with Crippen molar-refractivity contribution in [3.8, 4) is 0 Å². The summed E-state index contributed by atoms with van der Waals surface area (Å²) in [6, 6.07) is 7.62. The predicted octanol–water partition coefficient (Wildman–Crippen LogP) is 5.00. The van der Waals surface area contributed by atoms with Gasteiger partial charge in [-0.1, -0.05) is 32.3 Å². The zero-order chi connectivity index (χ0) is 25.0. The lowest BCUT2D eigenvalue weighted by Gasteiger charge is -2.31. The second-order valence-corrected chi connectivity index (χ2v) is 8.56. The van der Waals surface area contributed by atoms with E-state index in [2.05, 4.69) is 22.2 Å². The van der Waals surface area contributed by atoms with E-state index in [1.54, 1.807) is 25.5 Å². The Labute approximate surface area is 207 Å². The Kier molecular flexibility index (Phi) is 10.0. The zero-order valence-corrected chi connectivity index (χ0v) is 20.9. The van der Waals surface area contributed by atoms with Crippen LogP contribution in [0.5, 0.6) is 0 Å². The van der Waals surface area contributed by atoms with Crippen molar-refractivity contribution in [3.05, 3.63) is 77.0 Å². The summed E-state index contributed by atoms with van der Waals surface area (Å²) in [6.07, 6.45) is 12.0. The number of aromatic nitrogens is 2. The number of dihydropyridines is 1. The molecule has 1 aliphatic rings. The first kappa shape index (κ1) is 26.1. The highest BCUT2D eigenvalue weighted by molar-refractivity contribution is 6.03. The maximum Gasteiger partial charge on any atom is 0.336 e. The third kappa shape index (κ3) is 7.01. The quantitative estimate of drug-likeness (QED) is 0.340. The van der Waals surface area contributed by atoms with Gasteiger partial charge in [0.15, 0.2) is 0 Å². The van der Waals surface area contributed by atoms with Crippen molar-refractivity contribution in [2.75, 3.05) is 13.2 Å². The molecular formula is C28H35N3O4. The van der Waals surface area contributed by atoms with Crippen LogP contribution in [0.1, 0.15) is 64.0 Å². The second-order valence-electron chi connectivity index (χ2n) is 8.56. The standard InChI is InChI=1S/C28H35N3O4/c1-4-6-7-14-23-24(27(32)35-17-10-12-21-11-8-15-29-18-21)20(3)31-26(22-13-9-16-30-19-22)25(23)28(33)34-5-2/h8-9,11,13,15-16,18-19,23,31H,4-7,10,12,14,17H2,1-3H3. The van der Waals surface area contributed by atoms with Crippen LogP contribution in [-0.2, 0) is 25.5 Å². The van der Waals surface area contributed by atoms with Gasteiger partial charge in [-0.15, -0.1) is 0 Å². The molecule has 35 heavy (non-hydrogen) atoms. The summed E-state index contributed by atoms with van der Waals surface area (Å²) >= 11 is 0. The van der Waals surface area contributed by atoms with E-state index in [9.17, 15) is 9.59 Å². The van der Waals surface area contributed by atoms with Crippen molar-refractivity contribution < 1.29 is 19.1 Å². The molecule has 0 aliphatic carbocycles. The fourth-order valence-electron chi connectivity index (χ4n) is 4.34.